The van der Waals surface area contributed by atoms with Crippen molar-refractivity contribution in [1.29, 1.82) is 0 Å². The number of carbonyl (C=O) groups is 4. The maximum absolute atomic E-state index is 12.8. The Morgan fingerprint density at radius 2 is 1.40 bits per heavy atom. The van der Waals surface area contributed by atoms with E-state index in [1.165, 1.54) is 6.92 Å². The number of carbonyl (C=O) groups excluding carboxylic acids is 4. The summed E-state index contributed by atoms with van der Waals surface area (Å²) in [6, 6.07) is -2.26. The van der Waals surface area contributed by atoms with Gasteiger partial charge >= 0.3 is 0 Å². The molecule has 0 rings (SSSR count). The number of guanidine groups is 1. The number of nitrogens with two attached hydrogens (primary N) is 2. The van der Waals surface area contributed by atoms with Crippen LogP contribution in [0, 0.1) is 11.8 Å². The van der Waals surface area contributed by atoms with Gasteiger partial charge in [-0.2, -0.15) is 0 Å². The predicted octanol–water partition coefficient (Wildman–Crippen LogP) is -0.195. The van der Waals surface area contributed by atoms with E-state index < -0.39 is 29.9 Å². The summed E-state index contributed by atoms with van der Waals surface area (Å²) in [5.41, 5.74) is 10.5. The van der Waals surface area contributed by atoms with Crippen LogP contribution in [0.2, 0.25) is 0 Å². The molecule has 10 nitrogen and oxygen atoms in total. The first kappa shape index (κ1) is 27.4. The van der Waals surface area contributed by atoms with Gasteiger partial charge in [-0.3, -0.25) is 19.4 Å². The molecule has 0 heterocycles. The molecule has 0 spiro atoms. The molecule has 0 bridgehead atoms. The van der Waals surface area contributed by atoms with E-state index in [4.69, 9.17) is 11.5 Å². The number of aliphatic imine (C=N–C) groups is 1. The van der Waals surface area contributed by atoms with E-state index in [2.05, 4.69) is 20.9 Å². The quantitative estimate of drug-likeness (QED) is 0.112. The summed E-state index contributed by atoms with van der Waals surface area (Å²) in [4.78, 5) is 52.1. The zero-order valence-electron chi connectivity index (χ0n) is 18.7. The number of rotatable bonds is 14. The fourth-order valence-electron chi connectivity index (χ4n) is 2.90. The van der Waals surface area contributed by atoms with Gasteiger partial charge in [0.25, 0.3) is 0 Å². The molecule has 0 aliphatic carbocycles. The Labute approximate surface area is 179 Å². The molecule has 0 aliphatic rings. The van der Waals surface area contributed by atoms with Crippen LogP contribution in [0.1, 0.15) is 60.3 Å². The highest BCUT2D eigenvalue weighted by molar-refractivity contribution is 5.92. The summed E-state index contributed by atoms with van der Waals surface area (Å²) in [6.45, 7) is 9.43. The molecule has 0 saturated carbocycles. The van der Waals surface area contributed by atoms with Gasteiger partial charge < -0.3 is 32.2 Å². The molecule has 0 saturated heterocycles. The van der Waals surface area contributed by atoms with Crippen molar-refractivity contribution in [1.82, 2.24) is 16.0 Å². The Hall–Kier alpha value is -2.65. The molecule has 30 heavy (non-hydrogen) atoms. The van der Waals surface area contributed by atoms with E-state index in [0.717, 1.165) is 0 Å². The predicted molar refractivity (Wildman–Crippen MR) is 116 cm³/mol. The average Bonchev–Trinajstić information content (AvgIpc) is 2.61. The first-order valence-electron chi connectivity index (χ1n) is 10.3. The molecule has 0 fully saturated rings. The third-order valence-electron chi connectivity index (χ3n) is 4.20. The third kappa shape index (κ3) is 12.7. The van der Waals surface area contributed by atoms with Crippen LogP contribution in [0.15, 0.2) is 4.99 Å². The number of nitrogens with one attached hydrogen (secondary N) is 3. The summed E-state index contributed by atoms with van der Waals surface area (Å²) in [5, 5.41) is 8.03. The van der Waals surface area contributed by atoms with Crippen molar-refractivity contribution in [2.24, 2.45) is 28.3 Å². The monoisotopic (exact) mass is 426 g/mol. The van der Waals surface area contributed by atoms with Crippen LogP contribution in [-0.2, 0) is 19.2 Å². The first-order chi connectivity index (χ1) is 14.0. The lowest BCUT2D eigenvalue weighted by atomic mass is 9.99. The van der Waals surface area contributed by atoms with Crippen molar-refractivity contribution in [3.8, 4) is 0 Å². The van der Waals surface area contributed by atoms with Crippen molar-refractivity contribution in [2.75, 3.05) is 6.54 Å². The zero-order chi connectivity index (χ0) is 23.3. The van der Waals surface area contributed by atoms with E-state index in [1.54, 1.807) is 0 Å². The molecule has 172 valence electrons. The first-order valence-corrected chi connectivity index (χ1v) is 10.3. The van der Waals surface area contributed by atoms with Gasteiger partial charge in [0.15, 0.2) is 5.96 Å². The van der Waals surface area contributed by atoms with Crippen molar-refractivity contribution < 1.29 is 19.2 Å². The smallest absolute Gasteiger partial charge is 0.243 e. The minimum atomic E-state index is -0.818. The van der Waals surface area contributed by atoms with Crippen LogP contribution in [0.25, 0.3) is 0 Å². The van der Waals surface area contributed by atoms with Crippen LogP contribution < -0.4 is 27.4 Å². The molecular weight excluding hydrogens is 388 g/mol. The maximum atomic E-state index is 12.8. The van der Waals surface area contributed by atoms with Gasteiger partial charge in [0.05, 0.1) is 6.04 Å². The highest BCUT2D eigenvalue weighted by Crippen LogP contribution is 2.09. The van der Waals surface area contributed by atoms with Crippen LogP contribution in [0.5, 0.6) is 0 Å². The number of nitrogens with zero attached hydrogens (tertiary/aromatic N) is 1. The Balaban J connectivity index is 5.10. The Morgan fingerprint density at radius 1 is 0.900 bits per heavy atom. The Bertz CT molecular complexity index is 602. The lowest BCUT2D eigenvalue weighted by molar-refractivity contribution is -0.133. The molecule has 3 amide bonds. The van der Waals surface area contributed by atoms with E-state index in [9.17, 15) is 19.2 Å². The summed E-state index contributed by atoms with van der Waals surface area (Å²) in [5.74, 6) is -0.909. The van der Waals surface area contributed by atoms with Crippen molar-refractivity contribution >= 4 is 30.0 Å². The van der Waals surface area contributed by atoms with Gasteiger partial charge in [-0.1, -0.05) is 27.7 Å². The Morgan fingerprint density at radius 3 is 1.83 bits per heavy atom. The van der Waals surface area contributed by atoms with Gasteiger partial charge in [-0.25, -0.2) is 0 Å². The molecule has 0 aromatic carbocycles. The zero-order valence-corrected chi connectivity index (χ0v) is 18.7. The van der Waals surface area contributed by atoms with Crippen LogP contribution >= 0.6 is 0 Å². The van der Waals surface area contributed by atoms with Crippen molar-refractivity contribution in [3.63, 3.8) is 0 Å². The Kier molecular flexibility index (Phi) is 13.1. The van der Waals surface area contributed by atoms with Gasteiger partial charge in [0.2, 0.25) is 17.7 Å². The van der Waals surface area contributed by atoms with Gasteiger partial charge in [0.1, 0.15) is 18.4 Å². The van der Waals surface area contributed by atoms with Crippen LogP contribution in [0.3, 0.4) is 0 Å². The fraction of sp³-hybridized carbons (Fsp3) is 0.750. The summed E-state index contributed by atoms with van der Waals surface area (Å²) < 4.78 is 0. The molecule has 2 unspecified atom stereocenters. The van der Waals surface area contributed by atoms with E-state index in [-0.39, 0.29) is 23.7 Å². The average molecular weight is 427 g/mol. The van der Waals surface area contributed by atoms with Gasteiger partial charge in [-0.05, 0) is 37.5 Å². The third-order valence-corrected chi connectivity index (χ3v) is 4.20. The number of amides is 3. The minimum absolute atomic E-state index is 0.0310. The lowest BCUT2D eigenvalue weighted by Gasteiger charge is -2.25. The topological polar surface area (TPSA) is 169 Å². The van der Waals surface area contributed by atoms with Gasteiger partial charge in [-0.15, -0.1) is 0 Å². The lowest BCUT2D eigenvalue weighted by Crippen LogP contribution is -2.55. The summed E-state index contributed by atoms with van der Waals surface area (Å²) in [7, 11) is 0. The number of hydrogen-bond donors (Lipinski definition) is 5. The standard InChI is InChI=1S/C20H38N6O4/c1-12(2)9-16(24-14(5)28)19(30)26-17(10-13(3)4)18(29)25-15(11-27)7-6-8-23-20(21)22/h11-13,15-17H,6-10H2,1-5H3,(H,24,28)(H,25,29)(H,26,30)(H4,21,22,23)/t15?,16?,17-/m0/s1. The van der Waals surface area contributed by atoms with Crippen LogP contribution in [-0.4, -0.2) is 54.6 Å². The summed E-state index contributed by atoms with van der Waals surface area (Å²) in [6.07, 6.45) is 2.38. The highest BCUT2D eigenvalue weighted by atomic mass is 16.2. The fourth-order valence-corrected chi connectivity index (χ4v) is 2.90. The van der Waals surface area contributed by atoms with E-state index in [1.807, 2.05) is 27.7 Å². The number of hydrogen-bond acceptors (Lipinski definition) is 5. The maximum Gasteiger partial charge on any atom is 0.243 e. The number of aldehydes is 1. The second-order valence-electron chi connectivity index (χ2n) is 8.27. The van der Waals surface area contributed by atoms with E-state index in [0.29, 0.717) is 38.5 Å². The molecule has 0 aromatic heterocycles. The molecule has 0 aromatic rings. The highest BCUT2D eigenvalue weighted by Gasteiger charge is 2.28. The normalized spacial score (nSPS) is 13.8. The minimum Gasteiger partial charge on any atom is -0.370 e. The largest absolute Gasteiger partial charge is 0.370 e. The molecule has 0 radical (unpaired) electrons. The molecular formula is C20H38N6O4. The SMILES string of the molecule is CC(=O)NC(CC(C)C)C(=O)N[C@@H](CC(C)C)C(=O)NC(C=O)CCCN=C(N)N. The van der Waals surface area contributed by atoms with Crippen molar-refractivity contribution in [2.45, 2.75) is 78.4 Å². The molecule has 3 atom stereocenters. The molecule has 10 heteroatoms. The van der Waals surface area contributed by atoms with Crippen LogP contribution in [0.4, 0.5) is 0 Å². The van der Waals surface area contributed by atoms with Gasteiger partial charge in [0, 0.05) is 13.5 Å². The molecule has 0 aliphatic heterocycles. The molecule has 7 N–H and O–H groups in total. The van der Waals surface area contributed by atoms with E-state index >= 15 is 0 Å². The van der Waals surface area contributed by atoms with Crippen molar-refractivity contribution in [3.05, 3.63) is 0 Å². The second-order valence-corrected chi connectivity index (χ2v) is 8.27. The summed E-state index contributed by atoms with van der Waals surface area (Å²) >= 11 is 0. The second kappa shape index (κ2) is 14.4.